The van der Waals surface area contributed by atoms with Gasteiger partial charge >= 0.3 is 5.97 Å². The van der Waals surface area contributed by atoms with Crippen molar-refractivity contribution in [1.29, 1.82) is 0 Å². The van der Waals surface area contributed by atoms with E-state index in [0.29, 0.717) is 39.4 Å². The molecule has 0 amide bonds. The summed E-state index contributed by atoms with van der Waals surface area (Å²) in [6, 6.07) is 6.77. The molecule has 2 heterocycles. The number of ether oxygens (including phenoxy) is 4. The largest absolute Gasteiger partial charge is 0.508 e. The first-order chi connectivity index (χ1) is 13.1. The smallest absolute Gasteiger partial charge is 0.306 e. The molecule has 8 nitrogen and oxygen atoms in total. The highest BCUT2D eigenvalue weighted by atomic mass is 32.1. The van der Waals surface area contributed by atoms with E-state index in [9.17, 15) is 9.90 Å². The molecule has 27 heavy (non-hydrogen) atoms. The quantitative estimate of drug-likeness (QED) is 0.666. The van der Waals surface area contributed by atoms with E-state index in [2.05, 4.69) is 8.75 Å². The first kappa shape index (κ1) is 17.3. The van der Waals surface area contributed by atoms with Gasteiger partial charge < -0.3 is 24.1 Å². The summed E-state index contributed by atoms with van der Waals surface area (Å²) in [5.41, 5.74) is 2.41. The molecule has 1 aliphatic heterocycles. The minimum Gasteiger partial charge on any atom is -0.508 e. The van der Waals surface area contributed by atoms with Gasteiger partial charge in [-0.05, 0) is 29.8 Å². The molecule has 0 aliphatic carbocycles. The molecule has 1 aromatic heterocycles. The third-order valence-electron chi connectivity index (χ3n) is 4.47. The number of carbonyl (C=O) groups is 1. The number of nitrogens with zero attached hydrogens (tertiary/aromatic N) is 2. The van der Waals surface area contributed by atoms with Gasteiger partial charge in [-0.2, -0.15) is 8.75 Å². The molecule has 0 radical (unpaired) electrons. The molecule has 9 heteroatoms. The minimum absolute atomic E-state index is 0.00347. The second kappa shape index (κ2) is 6.92. The van der Waals surface area contributed by atoms with E-state index in [0.717, 1.165) is 11.7 Å². The van der Waals surface area contributed by atoms with Crippen LogP contribution >= 0.6 is 11.7 Å². The Bertz CT molecular complexity index is 1020. The Morgan fingerprint density at radius 3 is 2.93 bits per heavy atom. The summed E-state index contributed by atoms with van der Waals surface area (Å²) in [7, 11) is 2.85. The first-order valence-corrected chi connectivity index (χ1v) is 8.84. The summed E-state index contributed by atoms with van der Waals surface area (Å²) in [6.45, 7) is 0.0909. The number of fused-ring (bicyclic) bond motifs is 2. The number of rotatable bonds is 5. The normalized spacial score (nSPS) is 13.6. The second-order valence-corrected chi connectivity index (χ2v) is 6.45. The number of aromatic nitrogens is 2. The van der Waals surface area contributed by atoms with Gasteiger partial charge in [0.05, 0.1) is 32.4 Å². The summed E-state index contributed by atoms with van der Waals surface area (Å²) < 4.78 is 29.7. The topological polar surface area (TPSA) is 100 Å². The highest BCUT2D eigenvalue weighted by Crippen LogP contribution is 2.46. The van der Waals surface area contributed by atoms with Crippen LogP contribution in [0, 0.1) is 0 Å². The molecule has 0 fully saturated rings. The number of phenols is 1. The standard InChI is InChI=1S/C18H16N2O6S/c1-23-13-5-9(6-14-18(13)26-8-25-14)10(7-15(22)24-2)16-12(21)4-3-11-17(16)20-27-19-11/h3-6,10,21H,7-8H2,1-2H3. The van der Waals surface area contributed by atoms with Gasteiger partial charge in [0, 0.05) is 11.5 Å². The average Bonchev–Trinajstić information content (AvgIpc) is 3.34. The number of benzene rings is 2. The van der Waals surface area contributed by atoms with Crippen molar-refractivity contribution in [3.05, 3.63) is 35.4 Å². The van der Waals surface area contributed by atoms with E-state index in [4.69, 9.17) is 18.9 Å². The van der Waals surface area contributed by atoms with Gasteiger partial charge in [0.15, 0.2) is 11.5 Å². The zero-order chi connectivity index (χ0) is 19.0. The Hall–Kier alpha value is -3.07. The van der Waals surface area contributed by atoms with Crippen LogP contribution in [-0.4, -0.2) is 40.8 Å². The lowest BCUT2D eigenvalue weighted by atomic mass is 9.86. The van der Waals surface area contributed by atoms with Gasteiger partial charge in [-0.25, -0.2) is 0 Å². The van der Waals surface area contributed by atoms with Crippen LogP contribution in [0.15, 0.2) is 24.3 Å². The summed E-state index contributed by atoms with van der Waals surface area (Å²) in [5.74, 6) is 0.585. The van der Waals surface area contributed by atoms with Crippen LogP contribution < -0.4 is 14.2 Å². The molecule has 4 rings (SSSR count). The lowest BCUT2D eigenvalue weighted by Crippen LogP contribution is -2.11. The van der Waals surface area contributed by atoms with Crippen LogP contribution in [0.4, 0.5) is 0 Å². The van der Waals surface area contributed by atoms with Crippen molar-refractivity contribution in [3.63, 3.8) is 0 Å². The van der Waals surface area contributed by atoms with Crippen molar-refractivity contribution < 1.29 is 28.8 Å². The van der Waals surface area contributed by atoms with Gasteiger partial charge in [0.2, 0.25) is 12.5 Å². The number of aromatic hydroxyl groups is 1. The summed E-state index contributed by atoms with van der Waals surface area (Å²) >= 11 is 1.04. The molecule has 2 aromatic carbocycles. The molecule has 140 valence electrons. The Labute approximate surface area is 158 Å². The Balaban J connectivity index is 1.91. The van der Waals surface area contributed by atoms with E-state index in [-0.39, 0.29) is 19.0 Å². The van der Waals surface area contributed by atoms with Gasteiger partial charge in [0.25, 0.3) is 0 Å². The highest BCUT2D eigenvalue weighted by molar-refractivity contribution is 7.00. The predicted molar refractivity (Wildman–Crippen MR) is 96.7 cm³/mol. The Kier molecular flexibility index (Phi) is 4.44. The van der Waals surface area contributed by atoms with E-state index < -0.39 is 11.9 Å². The molecule has 3 aromatic rings. The van der Waals surface area contributed by atoms with E-state index in [1.807, 2.05) is 0 Å². The van der Waals surface area contributed by atoms with Gasteiger partial charge in [-0.15, -0.1) is 0 Å². The molecule has 1 atom stereocenters. The predicted octanol–water partition coefficient (Wildman–Crippen LogP) is 2.83. The molecule has 0 bridgehead atoms. The summed E-state index contributed by atoms with van der Waals surface area (Å²) in [4.78, 5) is 12.1. The van der Waals surface area contributed by atoms with E-state index in [1.54, 1.807) is 24.3 Å². The molecule has 0 saturated carbocycles. The van der Waals surface area contributed by atoms with Crippen molar-refractivity contribution in [3.8, 4) is 23.0 Å². The first-order valence-electron chi connectivity index (χ1n) is 8.10. The van der Waals surface area contributed by atoms with Crippen molar-refractivity contribution in [2.24, 2.45) is 0 Å². The van der Waals surface area contributed by atoms with Crippen LogP contribution in [0.2, 0.25) is 0 Å². The molecular formula is C18H16N2O6S. The molecular weight excluding hydrogens is 372 g/mol. The molecule has 1 unspecified atom stereocenters. The number of methoxy groups -OCH3 is 2. The molecule has 0 spiro atoms. The van der Waals surface area contributed by atoms with Gasteiger partial charge in [-0.1, -0.05) is 0 Å². The Morgan fingerprint density at radius 1 is 1.30 bits per heavy atom. The van der Waals surface area contributed by atoms with Crippen LogP contribution in [0.25, 0.3) is 11.0 Å². The fourth-order valence-corrected chi connectivity index (χ4v) is 3.74. The number of hydrogen-bond donors (Lipinski definition) is 1. The second-order valence-electron chi connectivity index (χ2n) is 5.92. The minimum atomic E-state index is -0.534. The summed E-state index contributed by atoms with van der Waals surface area (Å²) in [5, 5.41) is 10.6. The van der Waals surface area contributed by atoms with Crippen molar-refractivity contribution in [2.45, 2.75) is 12.3 Å². The number of hydrogen-bond acceptors (Lipinski definition) is 9. The Morgan fingerprint density at radius 2 is 2.15 bits per heavy atom. The molecule has 1 N–H and O–H groups in total. The third kappa shape index (κ3) is 2.99. The zero-order valence-corrected chi connectivity index (χ0v) is 15.4. The van der Waals surface area contributed by atoms with Crippen LogP contribution in [-0.2, 0) is 9.53 Å². The van der Waals surface area contributed by atoms with Gasteiger partial charge in [-0.3, -0.25) is 4.79 Å². The lowest BCUT2D eigenvalue weighted by molar-refractivity contribution is -0.140. The number of esters is 1. The third-order valence-corrected chi connectivity index (χ3v) is 5.02. The van der Waals surface area contributed by atoms with Crippen LogP contribution in [0.3, 0.4) is 0 Å². The molecule has 0 saturated heterocycles. The SMILES string of the molecule is COC(=O)CC(c1cc(OC)c2c(c1)OCO2)c1c(O)ccc2nsnc12. The maximum absolute atomic E-state index is 12.1. The van der Waals surface area contributed by atoms with Crippen molar-refractivity contribution in [2.75, 3.05) is 21.0 Å². The van der Waals surface area contributed by atoms with Crippen molar-refractivity contribution in [1.82, 2.24) is 8.75 Å². The van der Waals surface area contributed by atoms with Crippen LogP contribution in [0.1, 0.15) is 23.5 Å². The zero-order valence-electron chi connectivity index (χ0n) is 14.6. The highest BCUT2D eigenvalue weighted by Gasteiger charge is 2.29. The number of phenolic OH excluding ortho intramolecular Hbond substituents is 1. The average molecular weight is 388 g/mol. The maximum atomic E-state index is 12.1. The van der Waals surface area contributed by atoms with E-state index in [1.165, 1.54) is 14.2 Å². The molecule has 1 aliphatic rings. The maximum Gasteiger partial charge on any atom is 0.306 e. The summed E-state index contributed by atoms with van der Waals surface area (Å²) in [6.07, 6.45) is 0.00347. The monoisotopic (exact) mass is 388 g/mol. The fraction of sp³-hybridized carbons (Fsp3) is 0.278. The van der Waals surface area contributed by atoms with Gasteiger partial charge in [0.1, 0.15) is 16.8 Å². The number of carbonyl (C=O) groups excluding carboxylic acids is 1. The fourth-order valence-electron chi connectivity index (χ4n) is 3.19. The van der Waals surface area contributed by atoms with Crippen LogP contribution in [0.5, 0.6) is 23.0 Å². The van der Waals surface area contributed by atoms with E-state index >= 15 is 0 Å². The van der Waals surface area contributed by atoms with Crippen molar-refractivity contribution >= 4 is 28.7 Å². The lowest BCUT2D eigenvalue weighted by Gasteiger charge is -2.19.